The summed E-state index contributed by atoms with van der Waals surface area (Å²) in [7, 11) is 0. The van der Waals surface area contributed by atoms with Crippen LogP contribution in [0.2, 0.25) is 0 Å². The minimum Gasteiger partial charge on any atom is -0.481 e. The normalized spacial score (nSPS) is 40.8. The number of ether oxygens (including phenoxy) is 4. The van der Waals surface area contributed by atoms with E-state index in [-0.39, 0.29) is 71.7 Å². The maximum atomic E-state index is 13.2. The van der Waals surface area contributed by atoms with Gasteiger partial charge in [0.05, 0.1) is 29.0 Å². The molecule has 5 aliphatic carbocycles. The molecule has 0 bridgehead atoms. The molecule has 5 saturated carbocycles. The van der Waals surface area contributed by atoms with Crippen molar-refractivity contribution in [2.75, 3.05) is 20.2 Å². The van der Waals surface area contributed by atoms with E-state index in [9.17, 15) is 19.5 Å². The van der Waals surface area contributed by atoms with E-state index in [1.54, 1.807) is 0 Å². The largest absolute Gasteiger partial charge is 0.481 e. The summed E-state index contributed by atoms with van der Waals surface area (Å²) in [5.74, 6) is 0.211. The number of carboxylic acid groups (broad SMARTS) is 1. The average molecular weight is 701 g/mol. The summed E-state index contributed by atoms with van der Waals surface area (Å²) >= 11 is 0. The topological polar surface area (TPSA) is 108 Å². The van der Waals surface area contributed by atoms with E-state index in [4.69, 9.17) is 18.9 Å². The zero-order valence-electron chi connectivity index (χ0n) is 33.2. The zero-order valence-corrected chi connectivity index (χ0v) is 33.2. The predicted octanol–water partition coefficient (Wildman–Crippen LogP) is 9.20. The van der Waals surface area contributed by atoms with E-state index in [0.29, 0.717) is 30.6 Å². The van der Waals surface area contributed by atoms with Crippen molar-refractivity contribution in [3.05, 3.63) is 12.2 Å². The molecule has 0 spiro atoms. The quantitative estimate of drug-likeness (QED) is 0.110. The van der Waals surface area contributed by atoms with Crippen molar-refractivity contribution in [1.82, 2.24) is 0 Å². The van der Waals surface area contributed by atoms with Crippen LogP contribution in [-0.4, -0.2) is 49.3 Å². The second kappa shape index (κ2) is 13.2. The number of carboxylic acids is 1. The summed E-state index contributed by atoms with van der Waals surface area (Å²) in [5, 5.41) is 10.9. The van der Waals surface area contributed by atoms with Crippen LogP contribution in [0.15, 0.2) is 12.2 Å². The molecule has 0 radical (unpaired) electrons. The van der Waals surface area contributed by atoms with Gasteiger partial charge >= 0.3 is 17.9 Å². The number of aliphatic carboxylic acids is 1. The highest BCUT2D eigenvalue weighted by molar-refractivity contribution is 5.76. The van der Waals surface area contributed by atoms with Gasteiger partial charge in [-0.1, -0.05) is 41.2 Å². The molecule has 1 N–H and O–H groups in total. The first-order chi connectivity index (χ1) is 23.0. The van der Waals surface area contributed by atoms with Crippen LogP contribution in [0.25, 0.3) is 0 Å². The van der Waals surface area contributed by atoms with Crippen LogP contribution in [-0.2, 0) is 33.3 Å². The molecular weight excluding hydrogens is 632 g/mol. The lowest BCUT2D eigenvalue weighted by molar-refractivity contribution is -0.257. The summed E-state index contributed by atoms with van der Waals surface area (Å²) < 4.78 is 23.1. The second-order valence-corrected chi connectivity index (χ2v) is 20.4. The van der Waals surface area contributed by atoms with Gasteiger partial charge in [0.1, 0.15) is 0 Å². The number of hydrogen-bond acceptors (Lipinski definition) is 7. The van der Waals surface area contributed by atoms with Crippen molar-refractivity contribution in [1.29, 1.82) is 0 Å². The summed E-state index contributed by atoms with van der Waals surface area (Å²) in [6, 6.07) is 0. The van der Waals surface area contributed by atoms with Gasteiger partial charge in [0, 0.05) is 0 Å². The number of rotatable bonds is 9. The van der Waals surface area contributed by atoms with Crippen molar-refractivity contribution < 1.29 is 38.4 Å². The van der Waals surface area contributed by atoms with Gasteiger partial charge in [-0.15, -0.1) is 0 Å². The third kappa shape index (κ3) is 6.28. The second-order valence-electron chi connectivity index (χ2n) is 20.4. The van der Waals surface area contributed by atoms with E-state index in [1.165, 1.54) is 0 Å². The number of carbonyl (C=O) groups excluding carboxylic acids is 2. The Bertz CT molecular complexity index is 1340. The maximum absolute atomic E-state index is 13.2. The first kappa shape index (κ1) is 39.3. The van der Waals surface area contributed by atoms with Crippen LogP contribution >= 0.6 is 0 Å². The van der Waals surface area contributed by atoms with Gasteiger partial charge in [-0.05, 0) is 163 Å². The van der Waals surface area contributed by atoms with Gasteiger partial charge in [-0.2, -0.15) is 0 Å². The van der Waals surface area contributed by atoms with Crippen LogP contribution in [0.3, 0.4) is 0 Å². The van der Waals surface area contributed by atoms with E-state index in [0.717, 1.165) is 56.9 Å². The van der Waals surface area contributed by atoms with Crippen molar-refractivity contribution in [2.24, 2.45) is 67.5 Å². The van der Waals surface area contributed by atoms with E-state index < -0.39 is 22.2 Å². The first-order valence-electron chi connectivity index (χ1n) is 19.4. The number of esters is 2. The highest BCUT2D eigenvalue weighted by Crippen LogP contribution is 2.77. The van der Waals surface area contributed by atoms with E-state index >= 15 is 0 Å². The van der Waals surface area contributed by atoms with Crippen LogP contribution in [0, 0.1) is 67.5 Å². The Morgan fingerprint density at radius 2 is 1.34 bits per heavy atom. The Morgan fingerprint density at radius 1 is 0.720 bits per heavy atom. The molecule has 50 heavy (non-hydrogen) atoms. The fourth-order valence-electron chi connectivity index (χ4n) is 12.7. The van der Waals surface area contributed by atoms with Gasteiger partial charge < -0.3 is 24.1 Å². The molecule has 0 amide bonds. The lowest BCUT2D eigenvalue weighted by atomic mass is 9.32. The molecule has 5 aliphatic rings. The minimum absolute atomic E-state index is 0.000803. The van der Waals surface area contributed by atoms with Crippen LogP contribution in [0.4, 0.5) is 0 Å². The lowest BCUT2D eigenvalue weighted by Gasteiger charge is -2.72. The molecule has 8 nitrogen and oxygen atoms in total. The molecule has 0 aromatic rings. The van der Waals surface area contributed by atoms with Gasteiger partial charge in [0.2, 0.25) is 0 Å². The average Bonchev–Trinajstić information content (AvgIpc) is 3.41. The summed E-state index contributed by atoms with van der Waals surface area (Å²) in [6.45, 7) is 28.0. The van der Waals surface area contributed by atoms with E-state index in [1.807, 2.05) is 41.5 Å². The molecule has 8 heteroatoms. The van der Waals surface area contributed by atoms with Crippen molar-refractivity contribution in [3.63, 3.8) is 0 Å². The predicted molar refractivity (Wildman–Crippen MR) is 193 cm³/mol. The Labute approximate surface area is 302 Å². The Hall–Kier alpha value is -1.93. The molecule has 5 rings (SSSR count). The van der Waals surface area contributed by atoms with Crippen molar-refractivity contribution >= 4 is 17.9 Å². The first-order valence-corrected chi connectivity index (χ1v) is 19.4. The molecule has 284 valence electrons. The van der Waals surface area contributed by atoms with Gasteiger partial charge in [-0.25, -0.2) is 0 Å². The fraction of sp³-hybridized carbons (Fsp3) is 0.881. The van der Waals surface area contributed by atoms with Crippen LogP contribution in [0.5, 0.6) is 0 Å². The number of carbonyl (C=O) groups is 3. The highest BCUT2D eigenvalue weighted by atomic mass is 16.7. The lowest BCUT2D eigenvalue weighted by Crippen LogP contribution is -2.67. The van der Waals surface area contributed by atoms with Crippen molar-refractivity contribution in [2.45, 2.75) is 146 Å². The van der Waals surface area contributed by atoms with E-state index in [2.05, 4.69) is 41.2 Å². The fourth-order valence-corrected chi connectivity index (χ4v) is 12.7. The Balaban J connectivity index is 1.34. The Kier molecular flexibility index (Phi) is 10.4. The molecule has 0 saturated heterocycles. The molecule has 0 heterocycles. The molecular formula is C42H68O8. The molecule has 0 aliphatic heterocycles. The van der Waals surface area contributed by atoms with Crippen molar-refractivity contribution in [3.8, 4) is 0 Å². The molecule has 0 aromatic carbocycles. The number of fused-ring (bicyclic) bond motifs is 7. The van der Waals surface area contributed by atoms with Gasteiger partial charge in [0.25, 0.3) is 0 Å². The summed E-state index contributed by atoms with van der Waals surface area (Å²) in [6.07, 6.45) is 9.60. The molecule has 0 aromatic heterocycles. The molecule has 5 fully saturated rings. The molecule has 10 atom stereocenters. The number of hydrogen-bond donors (Lipinski definition) is 1. The zero-order chi connectivity index (χ0) is 37.3. The monoisotopic (exact) mass is 700 g/mol. The minimum atomic E-state index is -0.728. The summed E-state index contributed by atoms with van der Waals surface area (Å²) in [5.41, 5.74) is -0.776. The van der Waals surface area contributed by atoms with Gasteiger partial charge in [-0.3, -0.25) is 14.4 Å². The summed E-state index contributed by atoms with van der Waals surface area (Å²) in [4.78, 5) is 37.9. The van der Waals surface area contributed by atoms with Crippen LogP contribution in [0.1, 0.15) is 140 Å². The third-order valence-electron chi connectivity index (χ3n) is 15.6. The smallest absolute Gasteiger partial charge is 0.313 e. The standard InChI is InChI=1S/C42H68O8/c1-26(23-47-24-49-34(45)36(2,3)4)27-15-20-42(33(43)44)22-21-40(11)28(32(27)42)13-14-30-39(10)18-17-31(48-25-50-35(46)37(5,6)7)38(8,9)29(39)16-19-41(30,40)12/h27-32H,1,13-25H2,2-12H3,(H,43,44)/t27?,28?,29?,30?,31-,32?,39-,40+,41+,42-/m0/s1. The third-order valence-corrected chi connectivity index (χ3v) is 15.6. The highest BCUT2D eigenvalue weighted by Gasteiger charge is 2.72. The van der Waals surface area contributed by atoms with Crippen LogP contribution < -0.4 is 0 Å². The van der Waals surface area contributed by atoms with Gasteiger partial charge in [0.15, 0.2) is 13.6 Å². The SMILES string of the molecule is C=C(COCOC(=O)C(C)(C)C)C1CC[C@]2(C(=O)O)CC[C@]3(C)C(CCC4[C@@]5(C)CC[C@H](OCOC(=O)C(C)(C)C)C(C)(C)C5CC[C@]43C)C12. The Morgan fingerprint density at radius 3 is 1.94 bits per heavy atom. The maximum Gasteiger partial charge on any atom is 0.313 e. The molecule has 5 unspecified atom stereocenters.